The van der Waals surface area contributed by atoms with Gasteiger partial charge in [0.2, 0.25) is 0 Å². The average Bonchev–Trinajstić information content (AvgIpc) is 2.51. The maximum atomic E-state index is 13.6. The van der Waals surface area contributed by atoms with Gasteiger partial charge in [0.25, 0.3) is 0 Å². The van der Waals surface area contributed by atoms with Crippen molar-refractivity contribution >= 4 is 6.08 Å². The number of rotatable bonds is 6. The van der Waals surface area contributed by atoms with Gasteiger partial charge in [0.1, 0.15) is 5.82 Å². The average molecular weight is 310 g/mol. The fourth-order valence-electron chi connectivity index (χ4n) is 3.26. The molecule has 1 saturated carbocycles. The van der Waals surface area contributed by atoms with E-state index in [1.807, 2.05) is 6.08 Å². The van der Waals surface area contributed by atoms with Crippen molar-refractivity contribution in [3.63, 3.8) is 0 Å². The Morgan fingerprint density at radius 3 is 2.32 bits per heavy atom. The number of halogens is 3. The molecule has 0 atom stereocenters. The summed E-state index contributed by atoms with van der Waals surface area (Å²) in [4.78, 5) is 0. The van der Waals surface area contributed by atoms with Gasteiger partial charge in [-0.3, -0.25) is 0 Å². The van der Waals surface area contributed by atoms with Crippen molar-refractivity contribution < 1.29 is 13.2 Å². The largest absolute Gasteiger partial charge is 0.206 e. The molecule has 1 aromatic carbocycles. The van der Waals surface area contributed by atoms with Crippen LogP contribution < -0.4 is 0 Å². The Bertz CT molecular complexity index is 500. The molecule has 3 heteroatoms. The molecule has 0 spiro atoms. The summed E-state index contributed by atoms with van der Waals surface area (Å²) in [6.07, 6.45) is 13.4. The zero-order valence-electron chi connectivity index (χ0n) is 13.3. The van der Waals surface area contributed by atoms with Crippen molar-refractivity contribution in [2.75, 3.05) is 0 Å². The SMILES string of the molecule is CCCCCC1CCC(/C=C/c2cc(F)c(F)cc2F)CC1. The third kappa shape index (κ3) is 4.89. The predicted molar refractivity (Wildman–Crippen MR) is 84.9 cm³/mol. The Hall–Kier alpha value is -1.25. The van der Waals surface area contributed by atoms with Gasteiger partial charge in [0.15, 0.2) is 11.6 Å². The summed E-state index contributed by atoms with van der Waals surface area (Å²) < 4.78 is 39.6. The summed E-state index contributed by atoms with van der Waals surface area (Å²) >= 11 is 0. The van der Waals surface area contributed by atoms with Gasteiger partial charge >= 0.3 is 0 Å². The van der Waals surface area contributed by atoms with E-state index in [0.717, 1.165) is 24.8 Å². The third-order valence-corrected chi connectivity index (χ3v) is 4.69. The minimum absolute atomic E-state index is 0.129. The first-order valence-corrected chi connectivity index (χ1v) is 8.43. The summed E-state index contributed by atoms with van der Waals surface area (Å²) in [6.45, 7) is 2.22. The van der Waals surface area contributed by atoms with E-state index in [9.17, 15) is 13.2 Å². The Labute approximate surface area is 131 Å². The Kier molecular flexibility index (Phi) is 6.53. The molecule has 0 unspecified atom stereocenters. The van der Waals surface area contributed by atoms with E-state index in [2.05, 4.69) is 6.92 Å². The topological polar surface area (TPSA) is 0 Å². The van der Waals surface area contributed by atoms with Crippen LogP contribution in [0.3, 0.4) is 0 Å². The van der Waals surface area contributed by atoms with Gasteiger partial charge in [-0.1, -0.05) is 44.8 Å². The predicted octanol–water partition coefficient (Wildman–Crippen LogP) is 6.50. The van der Waals surface area contributed by atoms with Gasteiger partial charge in [-0.25, -0.2) is 13.2 Å². The van der Waals surface area contributed by atoms with Gasteiger partial charge in [0, 0.05) is 11.6 Å². The molecular weight excluding hydrogens is 285 g/mol. The molecule has 0 aromatic heterocycles. The van der Waals surface area contributed by atoms with E-state index in [1.54, 1.807) is 6.08 Å². The summed E-state index contributed by atoms with van der Waals surface area (Å²) in [6, 6.07) is 1.54. The van der Waals surface area contributed by atoms with Crippen molar-refractivity contribution in [1.29, 1.82) is 0 Å². The second-order valence-corrected chi connectivity index (χ2v) is 6.42. The van der Waals surface area contributed by atoms with Crippen LogP contribution in [0.15, 0.2) is 18.2 Å². The van der Waals surface area contributed by atoms with Gasteiger partial charge in [0.05, 0.1) is 0 Å². The number of unbranched alkanes of at least 4 members (excludes halogenated alkanes) is 2. The molecule has 122 valence electrons. The third-order valence-electron chi connectivity index (χ3n) is 4.69. The molecule has 1 aliphatic carbocycles. The van der Waals surface area contributed by atoms with Crippen LogP contribution >= 0.6 is 0 Å². The molecule has 1 aromatic rings. The molecule has 0 bridgehead atoms. The van der Waals surface area contributed by atoms with Crippen LogP contribution in [0.1, 0.15) is 63.9 Å². The minimum atomic E-state index is -1.14. The van der Waals surface area contributed by atoms with Gasteiger partial charge < -0.3 is 0 Å². The first kappa shape index (κ1) is 17.1. The monoisotopic (exact) mass is 310 g/mol. The maximum absolute atomic E-state index is 13.6. The van der Waals surface area contributed by atoms with Crippen LogP contribution in [0.2, 0.25) is 0 Å². The van der Waals surface area contributed by atoms with Crippen LogP contribution in [0.25, 0.3) is 6.08 Å². The second kappa shape index (κ2) is 8.40. The molecule has 0 N–H and O–H groups in total. The van der Waals surface area contributed by atoms with Crippen LogP contribution in [0.5, 0.6) is 0 Å². The van der Waals surface area contributed by atoms with Crippen molar-refractivity contribution in [3.8, 4) is 0 Å². The normalized spacial score (nSPS) is 22.4. The smallest absolute Gasteiger partial charge is 0.161 e. The first-order valence-electron chi connectivity index (χ1n) is 8.43. The fraction of sp³-hybridized carbons (Fsp3) is 0.579. The Balaban J connectivity index is 1.84. The highest BCUT2D eigenvalue weighted by atomic mass is 19.2. The van der Waals surface area contributed by atoms with Gasteiger partial charge in [-0.15, -0.1) is 0 Å². The van der Waals surface area contributed by atoms with Crippen LogP contribution in [-0.4, -0.2) is 0 Å². The van der Waals surface area contributed by atoms with Crippen molar-refractivity contribution in [2.24, 2.45) is 11.8 Å². The van der Waals surface area contributed by atoms with E-state index >= 15 is 0 Å². The number of hydrogen-bond acceptors (Lipinski definition) is 0. The highest BCUT2D eigenvalue weighted by molar-refractivity contribution is 5.50. The number of benzene rings is 1. The lowest BCUT2D eigenvalue weighted by Crippen LogP contribution is -2.13. The summed E-state index contributed by atoms with van der Waals surface area (Å²) in [7, 11) is 0. The highest BCUT2D eigenvalue weighted by Crippen LogP contribution is 2.33. The molecule has 0 amide bonds. The Morgan fingerprint density at radius 1 is 0.955 bits per heavy atom. The molecule has 1 aliphatic rings. The van der Waals surface area contributed by atoms with Crippen LogP contribution in [0, 0.1) is 29.3 Å². The quantitative estimate of drug-likeness (QED) is 0.415. The lowest BCUT2D eigenvalue weighted by atomic mass is 9.79. The molecule has 0 nitrogen and oxygen atoms in total. The first-order chi connectivity index (χ1) is 10.6. The lowest BCUT2D eigenvalue weighted by Gasteiger charge is -2.26. The molecule has 0 heterocycles. The zero-order valence-corrected chi connectivity index (χ0v) is 13.3. The molecule has 0 saturated heterocycles. The summed E-state index contributed by atoms with van der Waals surface area (Å²) in [5.74, 6) is -1.59. The maximum Gasteiger partial charge on any atom is 0.161 e. The number of hydrogen-bond donors (Lipinski definition) is 0. The van der Waals surface area contributed by atoms with Gasteiger partial charge in [-0.2, -0.15) is 0 Å². The van der Waals surface area contributed by atoms with Crippen LogP contribution in [0.4, 0.5) is 13.2 Å². The molecule has 0 radical (unpaired) electrons. The van der Waals surface area contributed by atoms with Crippen LogP contribution in [-0.2, 0) is 0 Å². The molecule has 2 rings (SSSR count). The zero-order chi connectivity index (χ0) is 15.9. The molecule has 1 fully saturated rings. The van der Waals surface area contributed by atoms with Crippen molar-refractivity contribution in [1.82, 2.24) is 0 Å². The highest BCUT2D eigenvalue weighted by Gasteiger charge is 2.19. The van der Waals surface area contributed by atoms with E-state index in [4.69, 9.17) is 0 Å². The molecule has 0 aliphatic heterocycles. The van der Waals surface area contributed by atoms with Crippen molar-refractivity contribution in [2.45, 2.75) is 58.3 Å². The fourth-order valence-corrected chi connectivity index (χ4v) is 3.26. The van der Waals surface area contributed by atoms with Crippen molar-refractivity contribution in [3.05, 3.63) is 41.2 Å². The van der Waals surface area contributed by atoms with E-state index in [-0.39, 0.29) is 5.56 Å². The van der Waals surface area contributed by atoms with E-state index in [1.165, 1.54) is 38.5 Å². The number of allylic oxidation sites excluding steroid dienone is 1. The summed E-state index contributed by atoms with van der Waals surface area (Å²) in [5, 5.41) is 0. The molecular formula is C19H25F3. The van der Waals surface area contributed by atoms with E-state index in [0.29, 0.717) is 12.0 Å². The van der Waals surface area contributed by atoms with Gasteiger partial charge in [-0.05, 0) is 43.6 Å². The minimum Gasteiger partial charge on any atom is -0.206 e. The molecule has 22 heavy (non-hydrogen) atoms. The second-order valence-electron chi connectivity index (χ2n) is 6.42. The standard InChI is InChI=1S/C19H25F3/c1-2-3-4-5-14-6-8-15(9-7-14)10-11-16-12-18(21)19(22)13-17(16)20/h10-15H,2-9H2,1H3/b11-10+. The Morgan fingerprint density at radius 2 is 1.64 bits per heavy atom. The summed E-state index contributed by atoms with van der Waals surface area (Å²) in [5.41, 5.74) is 0.129. The lowest BCUT2D eigenvalue weighted by molar-refractivity contribution is 0.290. The van der Waals surface area contributed by atoms with E-state index < -0.39 is 17.5 Å².